The predicted molar refractivity (Wildman–Crippen MR) is 64.6 cm³/mol. The van der Waals surface area contributed by atoms with Gasteiger partial charge in [-0.3, -0.25) is 4.79 Å². The van der Waals surface area contributed by atoms with Crippen LogP contribution >= 0.6 is 11.3 Å². The Bertz CT molecular complexity index is 491. The van der Waals surface area contributed by atoms with E-state index in [9.17, 15) is 4.79 Å². The van der Waals surface area contributed by atoms with Crippen LogP contribution in [0.2, 0.25) is 0 Å². The van der Waals surface area contributed by atoms with Gasteiger partial charge in [-0.1, -0.05) is 0 Å². The second kappa shape index (κ2) is 5.11. The fraction of sp³-hybridized carbons (Fsp3) is 0.273. The molecule has 0 aromatic carbocycles. The number of hydrogen-bond donors (Lipinski definition) is 2. The molecule has 1 unspecified atom stereocenters. The van der Waals surface area contributed by atoms with E-state index in [0.29, 0.717) is 18.0 Å². The molecule has 0 fully saturated rings. The van der Waals surface area contributed by atoms with E-state index >= 15 is 0 Å². The van der Waals surface area contributed by atoms with Crippen LogP contribution in [0.15, 0.2) is 28.2 Å². The molecule has 0 radical (unpaired) electrons. The highest BCUT2D eigenvalue weighted by Gasteiger charge is 2.12. The average molecular weight is 251 g/mol. The van der Waals surface area contributed by atoms with Crippen molar-refractivity contribution in [2.45, 2.75) is 19.5 Å². The summed E-state index contributed by atoms with van der Waals surface area (Å²) in [7, 11) is 0. The molecule has 0 saturated heterocycles. The molecule has 0 aliphatic heterocycles. The summed E-state index contributed by atoms with van der Waals surface area (Å²) in [5.41, 5.74) is 6.08. The van der Waals surface area contributed by atoms with E-state index in [0.717, 1.165) is 5.01 Å². The molecule has 0 spiro atoms. The Morgan fingerprint density at radius 1 is 1.71 bits per heavy atom. The molecule has 0 aliphatic carbocycles. The number of aromatic nitrogens is 1. The minimum Gasteiger partial charge on any atom is -0.467 e. The number of carbonyl (C=O) groups is 1. The summed E-state index contributed by atoms with van der Waals surface area (Å²) in [6, 6.07) is 3.43. The molecule has 3 N–H and O–H groups in total. The first-order valence-electron chi connectivity index (χ1n) is 5.18. The molecule has 1 atom stereocenters. The third-order valence-corrected chi connectivity index (χ3v) is 3.19. The molecule has 0 saturated carbocycles. The van der Waals surface area contributed by atoms with Gasteiger partial charge in [0.1, 0.15) is 16.5 Å². The van der Waals surface area contributed by atoms with E-state index in [1.54, 1.807) is 23.8 Å². The highest BCUT2D eigenvalue weighted by Crippen LogP contribution is 2.15. The Balaban J connectivity index is 1.95. The second-order valence-electron chi connectivity index (χ2n) is 3.62. The van der Waals surface area contributed by atoms with Crippen molar-refractivity contribution in [2.24, 2.45) is 5.73 Å². The fourth-order valence-corrected chi connectivity index (χ4v) is 2.03. The van der Waals surface area contributed by atoms with Gasteiger partial charge >= 0.3 is 0 Å². The van der Waals surface area contributed by atoms with Crippen LogP contribution in [-0.4, -0.2) is 10.9 Å². The lowest BCUT2D eigenvalue weighted by molar-refractivity contribution is 0.0943. The topological polar surface area (TPSA) is 81.1 Å². The van der Waals surface area contributed by atoms with Gasteiger partial charge in [0.2, 0.25) is 0 Å². The molecular weight excluding hydrogens is 238 g/mol. The number of rotatable bonds is 4. The van der Waals surface area contributed by atoms with Crippen molar-refractivity contribution in [1.29, 1.82) is 0 Å². The summed E-state index contributed by atoms with van der Waals surface area (Å²) in [4.78, 5) is 15.9. The van der Waals surface area contributed by atoms with Crippen LogP contribution in [-0.2, 0) is 6.54 Å². The van der Waals surface area contributed by atoms with E-state index in [1.165, 1.54) is 11.3 Å². The fourth-order valence-electron chi connectivity index (χ4n) is 1.27. The molecule has 2 aromatic heterocycles. The third kappa shape index (κ3) is 2.92. The van der Waals surface area contributed by atoms with Crippen molar-refractivity contribution in [2.75, 3.05) is 0 Å². The van der Waals surface area contributed by atoms with E-state index in [-0.39, 0.29) is 11.9 Å². The van der Waals surface area contributed by atoms with Gasteiger partial charge in [0.15, 0.2) is 0 Å². The summed E-state index contributed by atoms with van der Waals surface area (Å²) in [5, 5.41) is 5.19. The number of nitrogens with one attached hydrogen (secondary N) is 1. The lowest BCUT2D eigenvalue weighted by atomic mass is 10.4. The van der Waals surface area contributed by atoms with Crippen LogP contribution in [0.25, 0.3) is 0 Å². The van der Waals surface area contributed by atoms with Gasteiger partial charge < -0.3 is 15.5 Å². The Hall–Kier alpha value is -1.66. The minimum absolute atomic E-state index is 0.147. The van der Waals surface area contributed by atoms with Crippen LogP contribution < -0.4 is 11.1 Å². The number of nitrogens with two attached hydrogens (primary N) is 1. The number of nitrogens with zero attached hydrogens (tertiary/aromatic N) is 1. The quantitative estimate of drug-likeness (QED) is 0.866. The molecule has 90 valence electrons. The van der Waals surface area contributed by atoms with Gasteiger partial charge in [0.25, 0.3) is 5.91 Å². The third-order valence-electron chi connectivity index (χ3n) is 2.15. The average Bonchev–Trinajstić information content (AvgIpc) is 2.96. The first-order valence-corrected chi connectivity index (χ1v) is 6.06. The van der Waals surface area contributed by atoms with E-state index in [1.807, 2.05) is 6.92 Å². The number of furan rings is 1. The Labute approximate surface area is 103 Å². The van der Waals surface area contributed by atoms with Gasteiger partial charge in [0, 0.05) is 5.38 Å². The van der Waals surface area contributed by atoms with Crippen LogP contribution in [0.5, 0.6) is 0 Å². The zero-order valence-corrected chi connectivity index (χ0v) is 10.2. The summed E-state index contributed by atoms with van der Waals surface area (Å²) in [5.74, 6) is 0.491. The van der Waals surface area contributed by atoms with E-state index in [4.69, 9.17) is 10.2 Å². The van der Waals surface area contributed by atoms with Crippen molar-refractivity contribution in [3.63, 3.8) is 0 Å². The standard InChI is InChI=1S/C11H13N3O2S/c1-7(12)11-14-9(6-17-11)10(15)13-5-8-3-2-4-16-8/h2-4,6-7H,5,12H2,1H3,(H,13,15). The molecule has 2 rings (SSSR count). The summed E-state index contributed by atoms with van der Waals surface area (Å²) >= 11 is 1.39. The highest BCUT2D eigenvalue weighted by atomic mass is 32.1. The van der Waals surface area contributed by atoms with Gasteiger partial charge in [-0.2, -0.15) is 0 Å². The monoisotopic (exact) mass is 251 g/mol. The SMILES string of the molecule is CC(N)c1nc(C(=O)NCc2ccco2)cs1. The van der Waals surface area contributed by atoms with Crippen molar-refractivity contribution in [1.82, 2.24) is 10.3 Å². The first-order chi connectivity index (χ1) is 8.16. The molecule has 17 heavy (non-hydrogen) atoms. The summed E-state index contributed by atoms with van der Waals surface area (Å²) in [6.07, 6.45) is 1.57. The molecular formula is C11H13N3O2S. The highest BCUT2D eigenvalue weighted by molar-refractivity contribution is 7.09. The van der Waals surface area contributed by atoms with Gasteiger partial charge in [-0.05, 0) is 19.1 Å². The number of amides is 1. The van der Waals surface area contributed by atoms with E-state index < -0.39 is 0 Å². The Morgan fingerprint density at radius 3 is 3.12 bits per heavy atom. The zero-order chi connectivity index (χ0) is 12.3. The van der Waals surface area contributed by atoms with Crippen molar-refractivity contribution < 1.29 is 9.21 Å². The molecule has 0 aliphatic rings. The van der Waals surface area contributed by atoms with Crippen LogP contribution in [0, 0.1) is 0 Å². The minimum atomic E-state index is -0.218. The van der Waals surface area contributed by atoms with Crippen molar-refractivity contribution in [3.8, 4) is 0 Å². The van der Waals surface area contributed by atoms with Crippen LogP contribution in [0.4, 0.5) is 0 Å². The first kappa shape index (κ1) is 11.8. The lowest BCUT2D eigenvalue weighted by Crippen LogP contribution is -2.23. The summed E-state index contributed by atoms with van der Waals surface area (Å²) in [6.45, 7) is 2.19. The zero-order valence-electron chi connectivity index (χ0n) is 9.34. The van der Waals surface area contributed by atoms with Gasteiger partial charge in [0.05, 0.1) is 18.8 Å². The second-order valence-corrected chi connectivity index (χ2v) is 4.51. The Morgan fingerprint density at radius 2 is 2.53 bits per heavy atom. The van der Waals surface area contributed by atoms with Crippen LogP contribution in [0.1, 0.15) is 34.2 Å². The van der Waals surface area contributed by atoms with Gasteiger partial charge in [-0.25, -0.2) is 4.98 Å². The normalized spacial score (nSPS) is 12.4. The summed E-state index contributed by atoms with van der Waals surface area (Å²) < 4.78 is 5.11. The number of carbonyl (C=O) groups excluding carboxylic acids is 1. The largest absolute Gasteiger partial charge is 0.467 e. The molecule has 5 nitrogen and oxygen atoms in total. The molecule has 2 aromatic rings. The van der Waals surface area contributed by atoms with E-state index in [2.05, 4.69) is 10.3 Å². The molecule has 6 heteroatoms. The number of thiazole rings is 1. The van der Waals surface area contributed by atoms with Gasteiger partial charge in [-0.15, -0.1) is 11.3 Å². The van der Waals surface area contributed by atoms with Crippen LogP contribution in [0.3, 0.4) is 0 Å². The Kier molecular flexibility index (Phi) is 3.55. The maximum atomic E-state index is 11.7. The smallest absolute Gasteiger partial charge is 0.271 e. The van der Waals surface area contributed by atoms with Crippen molar-refractivity contribution >= 4 is 17.2 Å². The van der Waals surface area contributed by atoms with Crippen molar-refractivity contribution in [3.05, 3.63) is 40.2 Å². The molecule has 0 bridgehead atoms. The number of hydrogen-bond acceptors (Lipinski definition) is 5. The lowest BCUT2D eigenvalue weighted by Gasteiger charge is -2.00. The molecule has 1 amide bonds. The maximum Gasteiger partial charge on any atom is 0.271 e. The molecule has 2 heterocycles. The predicted octanol–water partition coefficient (Wildman–Crippen LogP) is 1.69. The maximum absolute atomic E-state index is 11.7.